The summed E-state index contributed by atoms with van der Waals surface area (Å²) >= 11 is 0. The summed E-state index contributed by atoms with van der Waals surface area (Å²) in [5.41, 5.74) is 1.88. The number of fused-ring (bicyclic) bond motifs is 1. The summed E-state index contributed by atoms with van der Waals surface area (Å²) in [7, 11) is 0. The van der Waals surface area contributed by atoms with Crippen LogP contribution in [0.1, 0.15) is 23.7 Å². The monoisotopic (exact) mass is 576 g/mol. The molecule has 3 aromatic rings. The number of benzene rings is 2. The van der Waals surface area contributed by atoms with Crippen LogP contribution >= 0.6 is 0 Å². The van der Waals surface area contributed by atoms with E-state index in [2.05, 4.69) is 31.2 Å². The van der Waals surface area contributed by atoms with Crippen LogP contribution < -0.4 is 10.2 Å². The minimum absolute atomic E-state index is 0.237. The number of hydrogen-bond donors (Lipinski definition) is 3. The average molecular weight is 577 g/mol. The normalized spacial score (nSPS) is 13.9. The van der Waals surface area contributed by atoms with Gasteiger partial charge in [-0.15, -0.1) is 0 Å². The van der Waals surface area contributed by atoms with Crippen molar-refractivity contribution in [3.63, 3.8) is 0 Å². The molecule has 2 aromatic carbocycles. The SMILES string of the molecule is CCOCCCN=C(Nc1cccc(C(=O)O)c1)N1CCN(c2ncnc3ccccc23)CC1.O=C(O)C(F)(F)F. The zero-order valence-electron chi connectivity index (χ0n) is 22.3. The first-order valence-corrected chi connectivity index (χ1v) is 12.8. The first kappa shape index (κ1) is 31.1. The lowest BCUT2D eigenvalue weighted by molar-refractivity contribution is -0.192. The summed E-state index contributed by atoms with van der Waals surface area (Å²) in [4.78, 5) is 38.5. The summed E-state index contributed by atoms with van der Waals surface area (Å²) in [6, 6.07) is 14.8. The Kier molecular flexibility index (Phi) is 11.2. The summed E-state index contributed by atoms with van der Waals surface area (Å²) in [5.74, 6) is -2.02. The third-order valence-electron chi connectivity index (χ3n) is 5.92. The Labute approximate surface area is 234 Å². The molecule has 1 aliphatic rings. The number of anilines is 2. The molecule has 0 amide bonds. The van der Waals surface area contributed by atoms with E-state index in [0.29, 0.717) is 25.4 Å². The summed E-state index contributed by atoms with van der Waals surface area (Å²) in [6.07, 6.45) is -2.65. The van der Waals surface area contributed by atoms with E-state index in [1.807, 2.05) is 31.2 Å². The number of halogens is 3. The number of piperazine rings is 1. The van der Waals surface area contributed by atoms with Gasteiger partial charge in [-0.05, 0) is 43.7 Å². The minimum atomic E-state index is -5.08. The van der Waals surface area contributed by atoms with Gasteiger partial charge in [0.2, 0.25) is 0 Å². The fourth-order valence-corrected chi connectivity index (χ4v) is 3.95. The van der Waals surface area contributed by atoms with E-state index in [4.69, 9.17) is 19.6 Å². The van der Waals surface area contributed by atoms with Crippen molar-refractivity contribution >= 4 is 40.3 Å². The van der Waals surface area contributed by atoms with Gasteiger partial charge in [0.1, 0.15) is 12.1 Å². The number of para-hydroxylation sites is 1. The van der Waals surface area contributed by atoms with Crippen LogP contribution in [0.5, 0.6) is 0 Å². The number of aromatic carboxylic acids is 1. The van der Waals surface area contributed by atoms with Gasteiger partial charge in [-0.1, -0.05) is 18.2 Å². The van der Waals surface area contributed by atoms with Crippen molar-refractivity contribution in [1.82, 2.24) is 14.9 Å². The molecule has 0 aliphatic carbocycles. The quantitative estimate of drug-likeness (QED) is 0.205. The van der Waals surface area contributed by atoms with Gasteiger partial charge in [0.05, 0.1) is 11.1 Å². The lowest BCUT2D eigenvalue weighted by Crippen LogP contribution is -2.51. The van der Waals surface area contributed by atoms with E-state index in [-0.39, 0.29) is 5.56 Å². The highest BCUT2D eigenvalue weighted by molar-refractivity contribution is 5.96. The van der Waals surface area contributed by atoms with Crippen LogP contribution in [0.15, 0.2) is 59.9 Å². The van der Waals surface area contributed by atoms with E-state index >= 15 is 0 Å². The van der Waals surface area contributed by atoms with E-state index in [1.54, 1.807) is 24.5 Å². The maximum Gasteiger partial charge on any atom is 0.490 e. The zero-order chi connectivity index (χ0) is 29.8. The molecule has 0 bridgehead atoms. The number of alkyl halides is 3. The molecule has 11 nitrogen and oxygen atoms in total. The maximum absolute atomic E-state index is 11.4. The first-order valence-electron chi connectivity index (χ1n) is 12.8. The second-order valence-electron chi connectivity index (χ2n) is 8.76. The Morgan fingerprint density at radius 3 is 2.41 bits per heavy atom. The van der Waals surface area contributed by atoms with Gasteiger partial charge in [-0.25, -0.2) is 19.6 Å². The lowest BCUT2D eigenvalue weighted by atomic mass is 10.2. The van der Waals surface area contributed by atoms with Crippen LogP contribution in [0.2, 0.25) is 0 Å². The second-order valence-corrected chi connectivity index (χ2v) is 8.76. The van der Waals surface area contributed by atoms with Gasteiger partial charge in [0.15, 0.2) is 5.96 Å². The zero-order valence-corrected chi connectivity index (χ0v) is 22.3. The van der Waals surface area contributed by atoms with Gasteiger partial charge in [-0.2, -0.15) is 13.2 Å². The van der Waals surface area contributed by atoms with Gasteiger partial charge in [0.25, 0.3) is 0 Å². The fraction of sp³-hybridized carbons (Fsp3) is 0.370. The molecule has 0 radical (unpaired) electrons. The van der Waals surface area contributed by atoms with E-state index < -0.39 is 18.1 Å². The molecule has 220 valence electrons. The van der Waals surface area contributed by atoms with Crippen molar-refractivity contribution in [1.29, 1.82) is 0 Å². The Balaban J connectivity index is 0.000000587. The standard InChI is InChI=1S/C25H30N6O3.C2HF3O2/c1-2-34-16-6-11-26-25(29-20-8-5-7-19(17-20)24(32)33)31-14-12-30(13-15-31)23-21-9-3-4-10-22(21)27-18-28-23;3-2(4,5)1(6)7/h3-5,7-10,17-18H,2,6,11-16H2,1H3,(H,26,29)(H,32,33);(H,6,7). The molecule has 1 fully saturated rings. The molecule has 4 rings (SSSR count). The second kappa shape index (κ2) is 14.8. The molecule has 1 aromatic heterocycles. The molecule has 0 saturated carbocycles. The number of aromatic nitrogens is 2. The smallest absolute Gasteiger partial charge is 0.478 e. The lowest BCUT2D eigenvalue weighted by Gasteiger charge is -2.37. The predicted octanol–water partition coefficient (Wildman–Crippen LogP) is 3.98. The molecular weight excluding hydrogens is 545 g/mol. The Morgan fingerprint density at radius 2 is 1.76 bits per heavy atom. The van der Waals surface area contributed by atoms with Crippen molar-refractivity contribution in [2.45, 2.75) is 19.5 Å². The number of carboxylic acid groups (broad SMARTS) is 2. The van der Waals surface area contributed by atoms with E-state index in [9.17, 15) is 23.1 Å². The molecule has 2 heterocycles. The number of hydrogen-bond acceptors (Lipinski definition) is 7. The highest BCUT2D eigenvalue weighted by Crippen LogP contribution is 2.24. The van der Waals surface area contributed by atoms with Crippen molar-refractivity contribution in [2.75, 3.05) is 56.2 Å². The molecule has 14 heteroatoms. The van der Waals surface area contributed by atoms with Crippen LogP contribution in [0.3, 0.4) is 0 Å². The van der Waals surface area contributed by atoms with Crippen molar-refractivity contribution < 1.29 is 37.7 Å². The highest BCUT2D eigenvalue weighted by Gasteiger charge is 2.38. The number of guanidine groups is 1. The number of carboxylic acids is 2. The number of aliphatic carboxylic acids is 1. The molecule has 0 atom stereocenters. The molecule has 3 N–H and O–H groups in total. The van der Waals surface area contributed by atoms with Crippen molar-refractivity contribution in [3.05, 3.63) is 60.4 Å². The molecule has 0 spiro atoms. The third-order valence-corrected chi connectivity index (χ3v) is 5.92. The van der Waals surface area contributed by atoms with Gasteiger partial charge >= 0.3 is 18.1 Å². The highest BCUT2D eigenvalue weighted by atomic mass is 19.4. The summed E-state index contributed by atoms with van der Waals surface area (Å²) < 4.78 is 37.2. The number of rotatable bonds is 8. The number of carbonyl (C=O) groups is 2. The molecule has 0 unspecified atom stereocenters. The maximum atomic E-state index is 11.4. The topological polar surface area (TPSA) is 140 Å². The minimum Gasteiger partial charge on any atom is -0.478 e. The van der Waals surface area contributed by atoms with Gasteiger partial charge in [-0.3, -0.25) is 4.99 Å². The molecule has 1 saturated heterocycles. The molecule has 1 aliphatic heterocycles. The van der Waals surface area contributed by atoms with E-state index in [1.165, 1.54) is 0 Å². The Bertz CT molecular complexity index is 1340. The van der Waals surface area contributed by atoms with Crippen molar-refractivity contribution in [3.8, 4) is 0 Å². The van der Waals surface area contributed by atoms with Gasteiger partial charge in [0, 0.05) is 57.0 Å². The van der Waals surface area contributed by atoms with Crippen LogP contribution in [0.25, 0.3) is 10.9 Å². The van der Waals surface area contributed by atoms with Crippen molar-refractivity contribution in [2.24, 2.45) is 4.99 Å². The predicted molar refractivity (Wildman–Crippen MR) is 147 cm³/mol. The number of nitrogens with zero attached hydrogens (tertiary/aromatic N) is 5. The molecule has 41 heavy (non-hydrogen) atoms. The van der Waals surface area contributed by atoms with Crippen LogP contribution in [-0.4, -0.2) is 95.1 Å². The van der Waals surface area contributed by atoms with Crippen LogP contribution in [0.4, 0.5) is 24.7 Å². The fourth-order valence-electron chi connectivity index (χ4n) is 3.95. The summed E-state index contributed by atoms with van der Waals surface area (Å²) in [5, 5.41) is 20.9. The third kappa shape index (κ3) is 9.31. The molecular formula is C27H31F3N6O5. The Morgan fingerprint density at radius 1 is 1.05 bits per heavy atom. The van der Waals surface area contributed by atoms with Crippen LogP contribution in [0, 0.1) is 0 Å². The first-order chi connectivity index (χ1) is 19.6. The average Bonchev–Trinajstić information content (AvgIpc) is 2.96. The van der Waals surface area contributed by atoms with Gasteiger partial charge < -0.3 is 30.1 Å². The van der Waals surface area contributed by atoms with Crippen LogP contribution in [-0.2, 0) is 9.53 Å². The number of aliphatic imine (C=N–C) groups is 1. The summed E-state index contributed by atoms with van der Waals surface area (Å²) in [6.45, 7) is 7.05. The van der Waals surface area contributed by atoms with E-state index in [0.717, 1.165) is 55.3 Å². The largest absolute Gasteiger partial charge is 0.490 e. The number of ether oxygens (including phenoxy) is 1. The number of nitrogens with one attached hydrogen (secondary N) is 1. The Hall–Kier alpha value is -4.46.